The van der Waals surface area contributed by atoms with Gasteiger partial charge in [0, 0.05) is 6.04 Å². The van der Waals surface area contributed by atoms with Gasteiger partial charge in [-0.1, -0.05) is 0 Å². The highest BCUT2D eigenvalue weighted by Crippen LogP contribution is 2.26. The van der Waals surface area contributed by atoms with Crippen molar-refractivity contribution in [1.82, 2.24) is 4.98 Å². The first-order valence-electron chi connectivity index (χ1n) is 4.87. The Morgan fingerprint density at radius 3 is 2.69 bits per heavy atom. The summed E-state index contributed by atoms with van der Waals surface area (Å²) in [5, 5.41) is 0. The molecule has 1 amide bonds. The molecular formula is C10H15BrN4O. The first kappa shape index (κ1) is 12.8. The Labute approximate surface area is 103 Å². The molecule has 16 heavy (non-hydrogen) atoms. The molecule has 4 N–H and O–H groups in total. The predicted octanol–water partition coefficient (Wildman–Crippen LogP) is 1.13. The first-order chi connectivity index (χ1) is 7.41. The van der Waals surface area contributed by atoms with Gasteiger partial charge in [-0.2, -0.15) is 0 Å². The van der Waals surface area contributed by atoms with E-state index in [0.717, 1.165) is 4.47 Å². The number of carbonyl (C=O) groups excluding carboxylic acids is 1. The van der Waals surface area contributed by atoms with Crippen LogP contribution in [0, 0.1) is 0 Å². The molecule has 0 aliphatic carbocycles. The predicted molar refractivity (Wildman–Crippen MR) is 68.0 cm³/mol. The van der Waals surface area contributed by atoms with Crippen LogP contribution < -0.4 is 16.4 Å². The number of aromatic nitrogens is 1. The number of hydrogen-bond donors (Lipinski definition) is 2. The lowest BCUT2D eigenvalue weighted by atomic mass is 10.3. The van der Waals surface area contributed by atoms with Crippen LogP contribution in [0.25, 0.3) is 0 Å². The Kier molecular flexibility index (Phi) is 4.12. The van der Waals surface area contributed by atoms with Crippen molar-refractivity contribution in [3.05, 3.63) is 16.7 Å². The van der Waals surface area contributed by atoms with Crippen LogP contribution in [0.1, 0.15) is 13.8 Å². The summed E-state index contributed by atoms with van der Waals surface area (Å²) in [6.07, 6.45) is 1.55. The molecule has 0 aliphatic heterocycles. The Hall–Kier alpha value is -1.30. The van der Waals surface area contributed by atoms with Crippen LogP contribution >= 0.6 is 15.9 Å². The highest BCUT2D eigenvalue weighted by atomic mass is 79.9. The van der Waals surface area contributed by atoms with Crippen LogP contribution in [0.2, 0.25) is 0 Å². The molecule has 0 unspecified atom stereocenters. The number of hydrogen-bond acceptors (Lipinski definition) is 4. The number of primary amides is 1. The summed E-state index contributed by atoms with van der Waals surface area (Å²) in [5.41, 5.74) is 11.4. The molecule has 0 fully saturated rings. The molecule has 1 rings (SSSR count). The van der Waals surface area contributed by atoms with E-state index in [0.29, 0.717) is 11.5 Å². The molecule has 0 saturated heterocycles. The van der Waals surface area contributed by atoms with Crippen molar-refractivity contribution in [3.8, 4) is 0 Å². The smallest absolute Gasteiger partial charge is 0.237 e. The molecule has 6 heteroatoms. The molecule has 0 atom stereocenters. The van der Waals surface area contributed by atoms with Gasteiger partial charge >= 0.3 is 0 Å². The van der Waals surface area contributed by atoms with Gasteiger partial charge in [0.1, 0.15) is 5.82 Å². The fourth-order valence-electron chi connectivity index (χ4n) is 1.33. The number of nitrogens with zero attached hydrogens (tertiary/aromatic N) is 2. The van der Waals surface area contributed by atoms with E-state index in [-0.39, 0.29) is 18.5 Å². The van der Waals surface area contributed by atoms with Crippen LogP contribution in [0.15, 0.2) is 16.7 Å². The molecule has 0 radical (unpaired) electrons. The maximum atomic E-state index is 11.0. The number of nitrogen functional groups attached to an aromatic ring is 1. The van der Waals surface area contributed by atoms with Gasteiger partial charge in [0.2, 0.25) is 5.91 Å². The van der Waals surface area contributed by atoms with E-state index < -0.39 is 0 Å². The number of amides is 1. The lowest BCUT2D eigenvalue weighted by Crippen LogP contribution is -2.39. The molecule has 1 heterocycles. The van der Waals surface area contributed by atoms with Gasteiger partial charge < -0.3 is 16.4 Å². The Morgan fingerprint density at radius 2 is 2.25 bits per heavy atom. The second-order valence-corrected chi connectivity index (χ2v) is 4.62. The van der Waals surface area contributed by atoms with E-state index in [1.54, 1.807) is 12.3 Å². The van der Waals surface area contributed by atoms with Crippen LogP contribution in [0.5, 0.6) is 0 Å². The number of pyridine rings is 1. The summed E-state index contributed by atoms with van der Waals surface area (Å²) in [6, 6.07) is 1.87. The van der Waals surface area contributed by atoms with Gasteiger partial charge in [-0.15, -0.1) is 0 Å². The summed E-state index contributed by atoms with van der Waals surface area (Å²) in [7, 11) is 0. The third kappa shape index (κ3) is 3.10. The van der Waals surface area contributed by atoms with Gasteiger partial charge in [-0.05, 0) is 35.8 Å². The van der Waals surface area contributed by atoms with E-state index in [4.69, 9.17) is 11.5 Å². The lowest BCUT2D eigenvalue weighted by Gasteiger charge is -2.27. The minimum Gasteiger partial charge on any atom is -0.397 e. The highest BCUT2D eigenvalue weighted by molar-refractivity contribution is 9.10. The van der Waals surface area contributed by atoms with Crippen molar-refractivity contribution in [2.24, 2.45) is 5.73 Å². The molecule has 0 spiro atoms. The quantitative estimate of drug-likeness (QED) is 0.869. The first-order valence-corrected chi connectivity index (χ1v) is 5.67. The SMILES string of the molecule is CC(C)N(CC(N)=O)c1ncc(N)cc1Br. The minimum absolute atomic E-state index is 0.125. The zero-order chi connectivity index (χ0) is 12.3. The molecule has 0 aliphatic rings. The summed E-state index contributed by atoms with van der Waals surface area (Å²) in [4.78, 5) is 17.0. The standard InChI is InChI=1S/C10H15BrN4O/c1-6(2)15(5-9(13)16)10-8(11)3-7(12)4-14-10/h3-4,6H,5,12H2,1-2H3,(H2,13,16). The average Bonchev–Trinajstić information content (AvgIpc) is 2.14. The topological polar surface area (TPSA) is 85.2 Å². The van der Waals surface area contributed by atoms with E-state index in [2.05, 4.69) is 20.9 Å². The molecule has 0 bridgehead atoms. The van der Waals surface area contributed by atoms with E-state index >= 15 is 0 Å². The summed E-state index contributed by atoms with van der Waals surface area (Å²) >= 11 is 3.37. The molecule has 5 nitrogen and oxygen atoms in total. The van der Waals surface area contributed by atoms with Crippen molar-refractivity contribution < 1.29 is 4.79 Å². The van der Waals surface area contributed by atoms with Gasteiger partial charge in [-0.3, -0.25) is 4.79 Å². The zero-order valence-corrected chi connectivity index (χ0v) is 10.9. The van der Waals surface area contributed by atoms with E-state index in [9.17, 15) is 4.79 Å². The lowest BCUT2D eigenvalue weighted by molar-refractivity contribution is -0.116. The second kappa shape index (κ2) is 5.16. The largest absolute Gasteiger partial charge is 0.397 e. The minimum atomic E-state index is -0.390. The van der Waals surface area contributed by atoms with Gasteiger partial charge in [0.15, 0.2) is 0 Å². The fourth-order valence-corrected chi connectivity index (χ4v) is 1.92. The molecule has 88 valence electrons. The number of rotatable bonds is 4. The zero-order valence-electron chi connectivity index (χ0n) is 9.27. The van der Waals surface area contributed by atoms with Crippen LogP contribution in [0.3, 0.4) is 0 Å². The van der Waals surface area contributed by atoms with Crippen molar-refractivity contribution in [3.63, 3.8) is 0 Å². The summed E-state index contributed by atoms with van der Waals surface area (Å²) < 4.78 is 0.752. The van der Waals surface area contributed by atoms with Gasteiger partial charge in [-0.25, -0.2) is 4.98 Å². The van der Waals surface area contributed by atoms with Crippen LogP contribution in [-0.2, 0) is 4.79 Å². The van der Waals surface area contributed by atoms with Crippen molar-refractivity contribution in [2.75, 3.05) is 17.2 Å². The number of anilines is 2. The number of halogens is 1. The Bertz CT molecular complexity index is 394. The Balaban J connectivity index is 3.05. The third-order valence-electron chi connectivity index (χ3n) is 2.06. The summed E-state index contributed by atoms with van der Waals surface area (Å²) in [6.45, 7) is 4.06. The third-order valence-corrected chi connectivity index (χ3v) is 2.65. The van der Waals surface area contributed by atoms with Gasteiger partial charge in [0.25, 0.3) is 0 Å². The highest BCUT2D eigenvalue weighted by Gasteiger charge is 2.17. The monoisotopic (exact) mass is 286 g/mol. The number of carbonyl (C=O) groups is 1. The molecular weight excluding hydrogens is 272 g/mol. The summed E-state index contributed by atoms with van der Waals surface area (Å²) in [5.74, 6) is 0.280. The van der Waals surface area contributed by atoms with Crippen molar-refractivity contribution in [1.29, 1.82) is 0 Å². The van der Waals surface area contributed by atoms with Crippen molar-refractivity contribution in [2.45, 2.75) is 19.9 Å². The van der Waals surface area contributed by atoms with E-state index in [1.807, 2.05) is 18.7 Å². The molecule has 0 saturated carbocycles. The maximum absolute atomic E-state index is 11.0. The van der Waals surface area contributed by atoms with Crippen molar-refractivity contribution >= 4 is 33.3 Å². The fraction of sp³-hybridized carbons (Fsp3) is 0.400. The van der Waals surface area contributed by atoms with E-state index in [1.165, 1.54) is 0 Å². The maximum Gasteiger partial charge on any atom is 0.237 e. The average molecular weight is 287 g/mol. The van der Waals surface area contributed by atoms with Gasteiger partial charge in [0.05, 0.1) is 22.9 Å². The molecule has 0 aromatic carbocycles. The molecule has 1 aromatic heterocycles. The Morgan fingerprint density at radius 1 is 1.62 bits per heavy atom. The molecule has 1 aromatic rings. The van der Waals surface area contributed by atoms with Crippen LogP contribution in [0.4, 0.5) is 11.5 Å². The van der Waals surface area contributed by atoms with Crippen LogP contribution in [-0.4, -0.2) is 23.5 Å². The second-order valence-electron chi connectivity index (χ2n) is 3.76. The number of nitrogens with two attached hydrogens (primary N) is 2. The normalized spacial score (nSPS) is 10.5.